The minimum absolute atomic E-state index is 0. The summed E-state index contributed by atoms with van der Waals surface area (Å²) < 4.78 is 5.29. The number of nitrogens with two attached hydrogens (primary N) is 1. The average molecular weight is 342 g/mol. The molecule has 2 rings (SSSR count). The highest BCUT2D eigenvalue weighted by molar-refractivity contribution is 5.85. The lowest BCUT2D eigenvalue weighted by atomic mass is 9.80. The van der Waals surface area contributed by atoms with E-state index in [9.17, 15) is 4.79 Å². The van der Waals surface area contributed by atoms with Crippen LogP contribution in [0.4, 0.5) is 0 Å². The molecule has 1 aliphatic rings. The molecule has 1 saturated heterocycles. The number of piperidine rings is 1. The summed E-state index contributed by atoms with van der Waals surface area (Å²) in [6.07, 6.45) is 0.937. The summed E-state index contributed by atoms with van der Waals surface area (Å²) in [4.78, 5) is 14.3. The van der Waals surface area contributed by atoms with Crippen molar-refractivity contribution in [1.82, 2.24) is 10.2 Å². The lowest BCUT2D eigenvalue weighted by molar-refractivity contribution is -0.123. The van der Waals surface area contributed by atoms with E-state index in [0.29, 0.717) is 13.1 Å². The van der Waals surface area contributed by atoms with Crippen LogP contribution < -0.4 is 15.8 Å². The molecule has 1 aromatic rings. The fraction of sp³-hybridized carbons (Fsp3) is 0.588. The van der Waals surface area contributed by atoms with Gasteiger partial charge in [-0.2, -0.15) is 0 Å². The summed E-state index contributed by atoms with van der Waals surface area (Å²) >= 11 is 0. The zero-order valence-electron chi connectivity index (χ0n) is 14.2. The first-order chi connectivity index (χ1) is 10.4. The molecule has 0 bridgehead atoms. The summed E-state index contributed by atoms with van der Waals surface area (Å²) in [6.45, 7) is 6.97. The van der Waals surface area contributed by atoms with Gasteiger partial charge in [0.2, 0.25) is 5.91 Å². The Morgan fingerprint density at radius 1 is 1.43 bits per heavy atom. The lowest BCUT2D eigenvalue weighted by Crippen LogP contribution is -2.54. The number of likely N-dealkylation sites (tertiary alicyclic amines) is 1. The molecule has 1 amide bonds. The van der Waals surface area contributed by atoms with Gasteiger partial charge in [0.05, 0.1) is 13.7 Å². The van der Waals surface area contributed by atoms with Crippen molar-refractivity contribution in [2.24, 2.45) is 11.1 Å². The largest absolute Gasteiger partial charge is 0.496 e. The third kappa shape index (κ3) is 5.37. The van der Waals surface area contributed by atoms with Gasteiger partial charge >= 0.3 is 0 Å². The third-order valence-electron chi connectivity index (χ3n) is 4.43. The van der Waals surface area contributed by atoms with E-state index in [4.69, 9.17) is 10.5 Å². The normalized spacial score (nSPS) is 20.4. The fourth-order valence-electron chi connectivity index (χ4n) is 2.92. The van der Waals surface area contributed by atoms with Crippen LogP contribution in [0.2, 0.25) is 0 Å². The Morgan fingerprint density at radius 2 is 2.13 bits per heavy atom. The predicted molar refractivity (Wildman–Crippen MR) is 94.9 cm³/mol. The van der Waals surface area contributed by atoms with Gasteiger partial charge in [-0.05, 0) is 17.9 Å². The first-order valence-electron chi connectivity index (χ1n) is 7.79. The maximum absolute atomic E-state index is 12.2. The van der Waals surface area contributed by atoms with Crippen molar-refractivity contribution in [3.8, 4) is 5.75 Å². The Labute approximate surface area is 145 Å². The van der Waals surface area contributed by atoms with Crippen molar-refractivity contribution in [3.05, 3.63) is 29.8 Å². The highest BCUT2D eigenvalue weighted by Crippen LogP contribution is 2.27. The molecule has 6 heteroatoms. The standard InChI is InChI=1S/C17H27N3O2.ClH/c1-17(2)12-20(9-8-15(17)18)11-16(21)19-10-13-6-4-5-7-14(13)22-3;/h4-7,15H,8-12,18H2,1-3H3,(H,19,21);1H. The maximum Gasteiger partial charge on any atom is 0.234 e. The first-order valence-corrected chi connectivity index (χ1v) is 7.79. The Kier molecular flexibility index (Phi) is 7.32. The monoisotopic (exact) mass is 341 g/mol. The number of para-hydroxylation sites is 1. The molecular weight excluding hydrogens is 314 g/mol. The fourth-order valence-corrected chi connectivity index (χ4v) is 2.92. The number of nitrogens with one attached hydrogen (secondary N) is 1. The molecule has 1 aliphatic heterocycles. The van der Waals surface area contributed by atoms with Gasteiger partial charge in [0.15, 0.2) is 0 Å². The van der Waals surface area contributed by atoms with Crippen LogP contribution >= 0.6 is 12.4 Å². The number of halogens is 1. The highest BCUT2D eigenvalue weighted by Gasteiger charge is 2.33. The van der Waals surface area contributed by atoms with Crippen molar-refractivity contribution in [1.29, 1.82) is 0 Å². The number of ether oxygens (including phenoxy) is 1. The molecule has 0 radical (unpaired) electrons. The number of benzene rings is 1. The molecule has 23 heavy (non-hydrogen) atoms. The lowest BCUT2D eigenvalue weighted by Gasteiger charge is -2.42. The zero-order chi connectivity index (χ0) is 16.2. The number of nitrogens with zero attached hydrogens (tertiary/aromatic N) is 1. The molecule has 5 nitrogen and oxygen atoms in total. The first kappa shape index (κ1) is 19.7. The van der Waals surface area contributed by atoms with E-state index in [-0.39, 0.29) is 29.8 Å². The summed E-state index contributed by atoms with van der Waals surface area (Å²) in [5, 5.41) is 2.97. The molecular formula is C17H28ClN3O2. The minimum atomic E-state index is 0. The van der Waals surface area contributed by atoms with Crippen LogP contribution in [0.25, 0.3) is 0 Å². The topological polar surface area (TPSA) is 67.6 Å². The van der Waals surface area contributed by atoms with E-state index >= 15 is 0 Å². The molecule has 1 fully saturated rings. The van der Waals surface area contributed by atoms with E-state index in [1.54, 1.807) is 7.11 Å². The number of amides is 1. The van der Waals surface area contributed by atoms with Crippen LogP contribution in [0.5, 0.6) is 5.75 Å². The average Bonchev–Trinajstić information content (AvgIpc) is 2.49. The highest BCUT2D eigenvalue weighted by atomic mass is 35.5. The van der Waals surface area contributed by atoms with Crippen LogP contribution in [-0.4, -0.2) is 43.6 Å². The van der Waals surface area contributed by atoms with Crippen molar-refractivity contribution in [2.45, 2.75) is 32.9 Å². The molecule has 1 atom stereocenters. The van der Waals surface area contributed by atoms with Gasteiger partial charge in [-0.25, -0.2) is 0 Å². The molecule has 0 aliphatic carbocycles. The predicted octanol–water partition coefficient (Wildman–Crippen LogP) is 1.79. The molecule has 1 unspecified atom stereocenters. The van der Waals surface area contributed by atoms with Gasteiger partial charge in [0.1, 0.15) is 5.75 Å². The second kappa shape index (κ2) is 8.52. The van der Waals surface area contributed by atoms with Gasteiger partial charge in [0.25, 0.3) is 0 Å². The Hall–Kier alpha value is -1.30. The number of carbonyl (C=O) groups is 1. The van der Waals surface area contributed by atoms with Crippen molar-refractivity contribution >= 4 is 18.3 Å². The molecule has 0 aromatic heterocycles. The number of methoxy groups -OCH3 is 1. The van der Waals surface area contributed by atoms with Crippen LogP contribution in [0.1, 0.15) is 25.8 Å². The molecule has 1 aromatic carbocycles. The second-order valence-electron chi connectivity index (χ2n) is 6.68. The maximum atomic E-state index is 12.2. The van der Waals surface area contributed by atoms with Crippen molar-refractivity contribution in [2.75, 3.05) is 26.7 Å². The second-order valence-corrected chi connectivity index (χ2v) is 6.68. The quantitative estimate of drug-likeness (QED) is 0.857. The summed E-state index contributed by atoms with van der Waals surface area (Å²) in [5.41, 5.74) is 7.17. The smallest absolute Gasteiger partial charge is 0.234 e. The number of rotatable bonds is 5. The molecule has 3 N–H and O–H groups in total. The Bertz CT molecular complexity index is 522. The zero-order valence-corrected chi connectivity index (χ0v) is 15.0. The van der Waals surface area contributed by atoms with Gasteiger partial charge in [-0.15, -0.1) is 12.4 Å². The SMILES string of the molecule is COc1ccccc1CNC(=O)CN1CCC(N)C(C)(C)C1.Cl. The third-order valence-corrected chi connectivity index (χ3v) is 4.43. The van der Waals surface area contributed by atoms with E-state index in [1.165, 1.54) is 0 Å². The summed E-state index contributed by atoms with van der Waals surface area (Å²) in [6, 6.07) is 7.93. The van der Waals surface area contributed by atoms with Crippen molar-refractivity contribution in [3.63, 3.8) is 0 Å². The Balaban J connectivity index is 0.00000264. The van der Waals surface area contributed by atoms with Crippen LogP contribution in [0, 0.1) is 5.41 Å². The number of hydrogen-bond acceptors (Lipinski definition) is 4. The summed E-state index contributed by atoms with van der Waals surface area (Å²) in [5.74, 6) is 0.838. The van der Waals surface area contributed by atoms with E-state index < -0.39 is 0 Å². The van der Waals surface area contributed by atoms with Crippen LogP contribution in [-0.2, 0) is 11.3 Å². The Morgan fingerprint density at radius 3 is 2.78 bits per heavy atom. The van der Waals surface area contributed by atoms with Gasteiger partial charge in [-0.3, -0.25) is 9.69 Å². The molecule has 1 heterocycles. The number of carbonyl (C=O) groups excluding carboxylic acids is 1. The summed E-state index contributed by atoms with van der Waals surface area (Å²) in [7, 11) is 1.64. The van der Waals surface area contributed by atoms with E-state index in [2.05, 4.69) is 24.1 Å². The van der Waals surface area contributed by atoms with E-state index in [1.807, 2.05) is 24.3 Å². The molecule has 0 spiro atoms. The van der Waals surface area contributed by atoms with Gasteiger partial charge in [-0.1, -0.05) is 32.0 Å². The van der Waals surface area contributed by atoms with Gasteiger partial charge in [0, 0.05) is 31.2 Å². The minimum Gasteiger partial charge on any atom is -0.496 e. The molecule has 130 valence electrons. The van der Waals surface area contributed by atoms with Gasteiger partial charge < -0.3 is 15.8 Å². The van der Waals surface area contributed by atoms with Crippen LogP contribution in [0.3, 0.4) is 0 Å². The van der Waals surface area contributed by atoms with Crippen LogP contribution in [0.15, 0.2) is 24.3 Å². The molecule has 0 saturated carbocycles. The van der Waals surface area contributed by atoms with E-state index in [0.717, 1.165) is 30.8 Å². The van der Waals surface area contributed by atoms with Crippen molar-refractivity contribution < 1.29 is 9.53 Å². The number of hydrogen-bond donors (Lipinski definition) is 2.